The Labute approximate surface area is 135 Å². The van der Waals surface area contributed by atoms with Gasteiger partial charge in [0.2, 0.25) is 0 Å². The van der Waals surface area contributed by atoms with E-state index in [1.54, 1.807) is 19.5 Å². The molecule has 2 N–H and O–H groups in total. The number of aromatic nitrogens is 1. The molecule has 0 fully saturated rings. The van der Waals surface area contributed by atoms with Crippen LogP contribution in [-0.2, 0) is 6.42 Å². The lowest BCUT2D eigenvalue weighted by atomic mass is 9.87. The summed E-state index contributed by atoms with van der Waals surface area (Å²) in [5, 5.41) is 7.21. The first-order valence-corrected chi connectivity index (χ1v) is 7.81. The molecule has 0 unspecified atom stereocenters. The van der Waals surface area contributed by atoms with Gasteiger partial charge in [0.25, 0.3) is 0 Å². The summed E-state index contributed by atoms with van der Waals surface area (Å²) in [6, 6.07) is 10.3. The standard InChI is InChI=1S/C17H19N3OS/c1-21-14-7-8-15-12(10-14)4-2-6-16(15)20-17(22)19-13-5-3-9-18-11-13/h3,5,7-11,16H,2,4,6H2,1H3,(H2,19,20,22)/t16-/m1/s1. The number of rotatable bonds is 3. The van der Waals surface area contributed by atoms with Gasteiger partial charge in [-0.05, 0) is 66.9 Å². The first kappa shape index (κ1) is 14.8. The van der Waals surface area contributed by atoms with Crippen LogP contribution in [0.5, 0.6) is 5.75 Å². The zero-order chi connectivity index (χ0) is 15.4. The number of hydrogen-bond donors (Lipinski definition) is 2. The number of fused-ring (bicyclic) bond motifs is 1. The predicted octanol–water partition coefficient (Wildman–Crippen LogP) is 3.45. The quantitative estimate of drug-likeness (QED) is 0.850. The van der Waals surface area contributed by atoms with Crippen LogP contribution in [0.4, 0.5) is 5.69 Å². The lowest BCUT2D eigenvalue weighted by Gasteiger charge is -2.28. The molecule has 1 aromatic heterocycles. The maximum absolute atomic E-state index is 5.42. The highest BCUT2D eigenvalue weighted by atomic mass is 32.1. The van der Waals surface area contributed by atoms with Crippen molar-refractivity contribution in [1.29, 1.82) is 0 Å². The van der Waals surface area contributed by atoms with Crippen LogP contribution >= 0.6 is 12.2 Å². The second kappa shape index (κ2) is 6.75. The summed E-state index contributed by atoms with van der Waals surface area (Å²) in [5.74, 6) is 0.912. The third-order valence-corrected chi connectivity index (χ3v) is 4.11. The smallest absolute Gasteiger partial charge is 0.171 e. The number of thiocarbonyl (C=S) groups is 1. The summed E-state index contributed by atoms with van der Waals surface area (Å²) in [6.07, 6.45) is 6.81. The average molecular weight is 313 g/mol. The molecular weight excluding hydrogens is 294 g/mol. The second-order valence-electron chi connectivity index (χ2n) is 5.35. The van der Waals surface area contributed by atoms with Gasteiger partial charge in [0.05, 0.1) is 25.0 Å². The highest BCUT2D eigenvalue weighted by molar-refractivity contribution is 7.80. The number of pyridine rings is 1. The molecule has 0 spiro atoms. The molecule has 0 saturated carbocycles. The maximum atomic E-state index is 5.42. The summed E-state index contributed by atoms with van der Waals surface area (Å²) in [5.41, 5.74) is 3.54. The number of methoxy groups -OCH3 is 1. The van der Waals surface area contributed by atoms with Crippen LogP contribution in [0.15, 0.2) is 42.7 Å². The lowest BCUT2D eigenvalue weighted by molar-refractivity contribution is 0.412. The Morgan fingerprint density at radius 3 is 3.05 bits per heavy atom. The Hall–Kier alpha value is -2.14. The summed E-state index contributed by atoms with van der Waals surface area (Å²) in [7, 11) is 1.70. The fourth-order valence-electron chi connectivity index (χ4n) is 2.83. The maximum Gasteiger partial charge on any atom is 0.171 e. The molecule has 0 saturated heterocycles. The van der Waals surface area contributed by atoms with Crippen LogP contribution in [0.25, 0.3) is 0 Å². The zero-order valence-electron chi connectivity index (χ0n) is 12.5. The van der Waals surface area contributed by atoms with E-state index in [4.69, 9.17) is 17.0 Å². The molecule has 1 aliphatic carbocycles. The molecule has 1 heterocycles. The Bertz CT molecular complexity index is 660. The Morgan fingerprint density at radius 1 is 1.36 bits per heavy atom. The SMILES string of the molecule is COc1ccc2c(c1)CCC[C@H]2NC(=S)Nc1cccnc1. The van der Waals surface area contributed by atoms with Gasteiger partial charge in [0.1, 0.15) is 5.75 Å². The van der Waals surface area contributed by atoms with E-state index >= 15 is 0 Å². The Balaban J connectivity index is 1.70. The van der Waals surface area contributed by atoms with Gasteiger partial charge < -0.3 is 15.4 Å². The van der Waals surface area contributed by atoms with Crippen molar-refractivity contribution in [3.05, 3.63) is 53.9 Å². The first-order valence-electron chi connectivity index (χ1n) is 7.40. The zero-order valence-corrected chi connectivity index (χ0v) is 13.3. The van der Waals surface area contributed by atoms with E-state index in [-0.39, 0.29) is 6.04 Å². The Morgan fingerprint density at radius 2 is 2.27 bits per heavy atom. The fourth-order valence-corrected chi connectivity index (χ4v) is 3.09. The van der Waals surface area contributed by atoms with Crippen LogP contribution in [0, 0.1) is 0 Å². The molecule has 1 aromatic carbocycles. The molecule has 1 aliphatic rings. The van der Waals surface area contributed by atoms with Crippen LogP contribution in [0.3, 0.4) is 0 Å². The number of benzene rings is 1. The van der Waals surface area contributed by atoms with Crippen LogP contribution in [0.1, 0.15) is 30.0 Å². The second-order valence-corrected chi connectivity index (χ2v) is 5.76. The van der Waals surface area contributed by atoms with Crippen LogP contribution < -0.4 is 15.4 Å². The predicted molar refractivity (Wildman–Crippen MR) is 92.3 cm³/mol. The van der Waals surface area contributed by atoms with E-state index in [0.717, 1.165) is 30.7 Å². The van der Waals surface area contributed by atoms with Crippen LogP contribution in [-0.4, -0.2) is 17.2 Å². The van der Waals surface area contributed by atoms with Crippen molar-refractivity contribution >= 4 is 23.0 Å². The van der Waals surface area contributed by atoms with E-state index in [1.165, 1.54) is 11.1 Å². The summed E-state index contributed by atoms with van der Waals surface area (Å²) >= 11 is 5.42. The molecule has 3 rings (SSSR count). The van der Waals surface area contributed by atoms with Crippen molar-refractivity contribution in [3.63, 3.8) is 0 Å². The highest BCUT2D eigenvalue weighted by Gasteiger charge is 2.21. The van der Waals surface area contributed by atoms with Gasteiger partial charge in [-0.2, -0.15) is 0 Å². The number of nitrogens with zero attached hydrogens (tertiary/aromatic N) is 1. The molecule has 0 bridgehead atoms. The van der Waals surface area contributed by atoms with E-state index in [0.29, 0.717) is 5.11 Å². The molecule has 5 heteroatoms. The number of hydrogen-bond acceptors (Lipinski definition) is 3. The van der Waals surface area contributed by atoms with Gasteiger partial charge in [-0.15, -0.1) is 0 Å². The monoisotopic (exact) mass is 313 g/mol. The normalized spacial score (nSPS) is 16.5. The van der Waals surface area contributed by atoms with E-state index in [9.17, 15) is 0 Å². The van der Waals surface area contributed by atoms with Crippen molar-refractivity contribution in [1.82, 2.24) is 10.3 Å². The molecule has 114 valence electrons. The minimum absolute atomic E-state index is 0.242. The average Bonchev–Trinajstić information content (AvgIpc) is 2.55. The molecule has 22 heavy (non-hydrogen) atoms. The van der Waals surface area contributed by atoms with Crippen LogP contribution in [0.2, 0.25) is 0 Å². The third kappa shape index (κ3) is 3.36. The van der Waals surface area contributed by atoms with Crippen molar-refractivity contribution < 1.29 is 4.74 Å². The van der Waals surface area contributed by atoms with E-state index in [2.05, 4.69) is 27.8 Å². The largest absolute Gasteiger partial charge is 0.497 e. The topological polar surface area (TPSA) is 46.2 Å². The number of nitrogens with one attached hydrogen (secondary N) is 2. The van der Waals surface area contributed by atoms with Gasteiger partial charge in [-0.3, -0.25) is 4.98 Å². The van der Waals surface area contributed by atoms with E-state index in [1.807, 2.05) is 18.2 Å². The molecule has 1 atom stereocenters. The third-order valence-electron chi connectivity index (χ3n) is 3.89. The Kier molecular flexibility index (Phi) is 4.53. The summed E-state index contributed by atoms with van der Waals surface area (Å²) < 4.78 is 5.31. The van der Waals surface area contributed by atoms with E-state index < -0.39 is 0 Å². The first-order chi connectivity index (χ1) is 10.8. The minimum atomic E-state index is 0.242. The molecule has 2 aromatic rings. The van der Waals surface area contributed by atoms with Gasteiger partial charge in [-0.25, -0.2) is 0 Å². The number of aryl methyl sites for hydroxylation is 1. The van der Waals surface area contributed by atoms with Crippen molar-refractivity contribution in [2.75, 3.05) is 12.4 Å². The molecule has 0 radical (unpaired) electrons. The molecule has 4 nitrogen and oxygen atoms in total. The molecular formula is C17H19N3OS. The van der Waals surface area contributed by atoms with Gasteiger partial charge in [0.15, 0.2) is 5.11 Å². The van der Waals surface area contributed by atoms with Gasteiger partial charge in [0, 0.05) is 6.20 Å². The minimum Gasteiger partial charge on any atom is -0.497 e. The van der Waals surface area contributed by atoms with Crippen molar-refractivity contribution in [3.8, 4) is 5.75 Å². The van der Waals surface area contributed by atoms with Crippen molar-refractivity contribution in [2.24, 2.45) is 0 Å². The fraction of sp³-hybridized carbons (Fsp3) is 0.294. The summed E-state index contributed by atoms with van der Waals surface area (Å²) in [4.78, 5) is 4.08. The van der Waals surface area contributed by atoms with Crippen molar-refractivity contribution in [2.45, 2.75) is 25.3 Å². The lowest BCUT2D eigenvalue weighted by Crippen LogP contribution is -2.34. The number of anilines is 1. The molecule has 0 amide bonds. The van der Waals surface area contributed by atoms with Gasteiger partial charge >= 0.3 is 0 Å². The number of ether oxygens (including phenoxy) is 1. The van der Waals surface area contributed by atoms with Gasteiger partial charge in [-0.1, -0.05) is 6.07 Å². The highest BCUT2D eigenvalue weighted by Crippen LogP contribution is 2.32. The molecule has 0 aliphatic heterocycles. The summed E-state index contributed by atoms with van der Waals surface area (Å²) in [6.45, 7) is 0.